The molecule has 0 unspecified atom stereocenters. The van der Waals surface area contributed by atoms with Crippen molar-refractivity contribution in [1.82, 2.24) is 9.97 Å². The van der Waals surface area contributed by atoms with E-state index in [0.29, 0.717) is 0 Å². The summed E-state index contributed by atoms with van der Waals surface area (Å²) >= 11 is 0. The minimum absolute atomic E-state index is 0.00372. The monoisotopic (exact) mass is 684 g/mol. The van der Waals surface area contributed by atoms with E-state index in [1.165, 1.54) is 60.7 Å². The van der Waals surface area contributed by atoms with Crippen molar-refractivity contribution in [3.63, 3.8) is 0 Å². The van der Waals surface area contributed by atoms with Gasteiger partial charge in [0.15, 0.2) is 0 Å². The summed E-state index contributed by atoms with van der Waals surface area (Å²) < 4.78 is 0. The third kappa shape index (κ3) is 5.39. The highest BCUT2D eigenvalue weighted by atomic mass is 14.7. The third-order valence-electron chi connectivity index (χ3n) is 11.3. The van der Waals surface area contributed by atoms with Gasteiger partial charge in [-0.15, -0.1) is 0 Å². The zero-order valence-corrected chi connectivity index (χ0v) is 31.4. The van der Waals surface area contributed by atoms with Crippen molar-refractivity contribution < 1.29 is 0 Å². The van der Waals surface area contributed by atoms with Crippen LogP contribution in [0.15, 0.2) is 158 Å². The summed E-state index contributed by atoms with van der Waals surface area (Å²) in [7, 11) is 0. The summed E-state index contributed by atoms with van der Waals surface area (Å²) in [5.74, 6) is 0. The summed E-state index contributed by atoms with van der Waals surface area (Å²) in [4.78, 5) is 10.1. The molecule has 0 amide bonds. The van der Waals surface area contributed by atoms with Gasteiger partial charge in [0.05, 0.1) is 16.8 Å². The van der Waals surface area contributed by atoms with Crippen molar-refractivity contribution in [3.05, 3.63) is 191 Å². The van der Waals surface area contributed by atoms with E-state index in [2.05, 4.69) is 187 Å². The summed E-state index contributed by atoms with van der Waals surface area (Å²) in [5.41, 5.74) is 13.7. The third-order valence-corrected chi connectivity index (χ3v) is 11.3. The van der Waals surface area contributed by atoms with E-state index in [-0.39, 0.29) is 10.8 Å². The van der Waals surface area contributed by atoms with E-state index in [0.717, 1.165) is 27.9 Å². The molecule has 0 radical (unpaired) electrons. The standard InChI is InChI=1S/C51H44N2/c1-49(2,3)37-23-24-52-48(31-37)44-30-40(25-34-16-9-10-18-41(34)44)51(45-21-13-11-19-42(45)43-20-12-14-22-46(43)51)39-27-36(26-38(29-39)50(4,5)6)47-28-33-15-7-8-17-35(33)32-53-47/h7-32H,1-6H3. The van der Waals surface area contributed by atoms with Crippen LogP contribution < -0.4 is 0 Å². The molecular formula is C51H44N2. The molecule has 0 atom stereocenters. The maximum Gasteiger partial charge on any atom is 0.0714 e. The Bertz CT molecular complexity index is 2660. The van der Waals surface area contributed by atoms with Crippen molar-refractivity contribution in [2.75, 3.05) is 0 Å². The van der Waals surface area contributed by atoms with Gasteiger partial charge in [-0.25, -0.2) is 0 Å². The van der Waals surface area contributed by atoms with E-state index < -0.39 is 5.41 Å². The summed E-state index contributed by atoms with van der Waals surface area (Å²) in [6.45, 7) is 13.8. The molecule has 2 nitrogen and oxygen atoms in total. The zero-order chi connectivity index (χ0) is 36.5. The molecule has 9 rings (SSSR count). The Hall–Kier alpha value is -5.86. The van der Waals surface area contributed by atoms with Gasteiger partial charge in [0.1, 0.15) is 0 Å². The highest BCUT2D eigenvalue weighted by Gasteiger charge is 2.47. The second-order valence-corrected chi connectivity index (χ2v) is 16.7. The molecule has 0 N–H and O–H groups in total. The van der Waals surface area contributed by atoms with Gasteiger partial charge in [0.25, 0.3) is 0 Å². The number of rotatable bonds is 4. The van der Waals surface area contributed by atoms with Crippen LogP contribution in [-0.2, 0) is 16.2 Å². The molecule has 0 saturated heterocycles. The topological polar surface area (TPSA) is 25.8 Å². The van der Waals surface area contributed by atoms with Crippen LogP contribution in [0.4, 0.5) is 0 Å². The first-order valence-corrected chi connectivity index (χ1v) is 18.7. The lowest BCUT2D eigenvalue weighted by atomic mass is 9.65. The van der Waals surface area contributed by atoms with Gasteiger partial charge in [-0.3, -0.25) is 9.97 Å². The second kappa shape index (κ2) is 12.1. The quantitative estimate of drug-likeness (QED) is 0.184. The van der Waals surface area contributed by atoms with Gasteiger partial charge in [0, 0.05) is 28.9 Å². The number of aromatic nitrogens is 2. The van der Waals surface area contributed by atoms with Crippen LogP contribution >= 0.6 is 0 Å². The Labute approximate surface area is 313 Å². The summed E-state index contributed by atoms with van der Waals surface area (Å²) in [5, 5.41) is 4.74. The Kier molecular flexibility index (Phi) is 7.54. The number of nitrogens with zero attached hydrogens (tertiary/aromatic N) is 2. The van der Waals surface area contributed by atoms with Crippen molar-refractivity contribution in [1.29, 1.82) is 0 Å². The van der Waals surface area contributed by atoms with E-state index in [1.54, 1.807) is 0 Å². The molecule has 2 aromatic heterocycles. The fourth-order valence-corrected chi connectivity index (χ4v) is 8.47. The molecule has 0 spiro atoms. The average Bonchev–Trinajstić information content (AvgIpc) is 3.47. The van der Waals surface area contributed by atoms with Crippen LogP contribution in [-0.4, -0.2) is 9.97 Å². The molecule has 8 aromatic rings. The first-order chi connectivity index (χ1) is 25.5. The molecule has 2 heterocycles. The second-order valence-electron chi connectivity index (χ2n) is 16.7. The minimum atomic E-state index is -0.611. The van der Waals surface area contributed by atoms with Crippen LogP contribution in [0, 0.1) is 0 Å². The van der Waals surface area contributed by atoms with Gasteiger partial charge in [-0.05, 0) is 114 Å². The van der Waals surface area contributed by atoms with Crippen molar-refractivity contribution in [3.8, 4) is 33.6 Å². The molecule has 2 heteroatoms. The van der Waals surface area contributed by atoms with Crippen LogP contribution in [0.1, 0.15) is 74.9 Å². The van der Waals surface area contributed by atoms with Crippen molar-refractivity contribution in [2.45, 2.75) is 57.8 Å². The lowest BCUT2D eigenvalue weighted by Crippen LogP contribution is -2.29. The number of fused-ring (bicyclic) bond motifs is 5. The first-order valence-electron chi connectivity index (χ1n) is 18.7. The molecular weight excluding hydrogens is 641 g/mol. The summed E-state index contributed by atoms with van der Waals surface area (Å²) in [6.07, 6.45) is 3.99. The molecule has 0 fully saturated rings. The molecule has 258 valence electrons. The number of benzene rings is 6. The lowest BCUT2D eigenvalue weighted by Gasteiger charge is -2.36. The highest BCUT2D eigenvalue weighted by molar-refractivity contribution is 5.98. The summed E-state index contributed by atoms with van der Waals surface area (Å²) in [6, 6.07) is 54.1. The predicted octanol–water partition coefficient (Wildman–Crippen LogP) is 13.1. The number of hydrogen-bond donors (Lipinski definition) is 0. The van der Waals surface area contributed by atoms with E-state index in [1.807, 2.05) is 12.4 Å². The predicted molar refractivity (Wildman–Crippen MR) is 223 cm³/mol. The fourth-order valence-electron chi connectivity index (χ4n) is 8.47. The van der Waals surface area contributed by atoms with Gasteiger partial charge >= 0.3 is 0 Å². The first kappa shape index (κ1) is 33.0. The molecule has 53 heavy (non-hydrogen) atoms. The van der Waals surface area contributed by atoms with E-state index in [4.69, 9.17) is 9.97 Å². The van der Waals surface area contributed by atoms with E-state index in [9.17, 15) is 0 Å². The Morgan fingerprint density at radius 3 is 1.74 bits per heavy atom. The molecule has 1 aliphatic rings. The van der Waals surface area contributed by atoms with Gasteiger partial charge in [0.2, 0.25) is 0 Å². The molecule has 6 aromatic carbocycles. The normalized spacial score (nSPS) is 13.6. The van der Waals surface area contributed by atoms with Crippen molar-refractivity contribution >= 4 is 21.5 Å². The van der Waals surface area contributed by atoms with Crippen molar-refractivity contribution in [2.24, 2.45) is 0 Å². The average molecular weight is 685 g/mol. The van der Waals surface area contributed by atoms with Gasteiger partial charge < -0.3 is 0 Å². The largest absolute Gasteiger partial charge is 0.256 e. The van der Waals surface area contributed by atoms with Crippen LogP contribution in [0.3, 0.4) is 0 Å². The Balaban J connectivity index is 1.41. The maximum atomic E-state index is 5.07. The Morgan fingerprint density at radius 1 is 0.434 bits per heavy atom. The molecule has 0 aliphatic heterocycles. The molecule has 1 aliphatic carbocycles. The smallest absolute Gasteiger partial charge is 0.0714 e. The fraction of sp³-hybridized carbons (Fsp3) is 0.176. The lowest BCUT2D eigenvalue weighted by molar-refractivity contribution is 0.587. The van der Waals surface area contributed by atoms with E-state index >= 15 is 0 Å². The van der Waals surface area contributed by atoms with Gasteiger partial charge in [-0.1, -0.05) is 145 Å². The zero-order valence-electron chi connectivity index (χ0n) is 31.4. The maximum absolute atomic E-state index is 5.07. The van der Waals surface area contributed by atoms with Crippen LogP contribution in [0.25, 0.3) is 55.2 Å². The highest BCUT2D eigenvalue weighted by Crippen LogP contribution is 2.57. The van der Waals surface area contributed by atoms with Crippen LogP contribution in [0.2, 0.25) is 0 Å². The van der Waals surface area contributed by atoms with Gasteiger partial charge in [-0.2, -0.15) is 0 Å². The Morgan fingerprint density at radius 2 is 1.04 bits per heavy atom. The minimum Gasteiger partial charge on any atom is -0.256 e. The van der Waals surface area contributed by atoms with Crippen LogP contribution in [0.5, 0.6) is 0 Å². The molecule has 0 saturated carbocycles. The SMILES string of the molecule is CC(C)(C)c1cc(-c2cc3ccccc3cn2)cc(C2(c3cc(-c4cc(C(C)(C)C)ccn4)c4ccccc4c3)c3ccccc3-c3ccccc32)c1. The number of hydrogen-bond acceptors (Lipinski definition) is 2. The number of pyridine rings is 2. The molecule has 0 bridgehead atoms.